The van der Waals surface area contributed by atoms with Gasteiger partial charge in [-0.25, -0.2) is 9.97 Å². The molecule has 0 bridgehead atoms. The highest BCUT2D eigenvalue weighted by molar-refractivity contribution is 5.71. The Kier molecular flexibility index (Phi) is 3.75. The second-order valence-corrected chi connectivity index (χ2v) is 4.83. The minimum atomic E-state index is 0.445. The van der Waals surface area contributed by atoms with Gasteiger partial charge >= 0.3 is 0 Å². The molecule has 2 aromatic heterocycles. The molecule has 0 amide bonds. The second kappa shape index (κ2) is 5.67. The van der Waals surface area contributed by atoms with Crippen LogP contribution in [0.4, 0.5) is 0 Å². The molecular weight excluding hydrogens is 242 g/mol. The van der Waals surface area contributed by atoms with E-state index in [1.165, 1.54) is 0 Å². The molecule has 5 nitrogen and oxygen atoms in total. The highest BCUT2D eigenvalue weighted by Crippen LogP contribution is 2.27. The van der Waals surface area contributed by atoms with E-state index in [9.17, 15) is 0 Å². The zero-order valence-corrected chi connectivity index (χ0v) is 11.2. The standard InChI is InChI=1S/C14H19N3O2/c1-18-8-6-13-16-12-3-2-7-15-14(12)17(13)11-4-9-19-10-5-11/h2-3,7,11H,4-6,8-10H2,1H3. The molecule has 0 N–H and O–H groups in total. The van der Waals surface area contributed by atoms with Crippen LogP contribution in [0.1, 0.15) is 24.7 Å². The van der Waals surface area contributed by atoms with Crippen LogP contribution in [-0.2, 0) is 15.9 Å². The van der Waals surface area contributed by atoms with Crippen LogP contribution < -0.4 is 0 Å². The van der Waals surface area contributed by atoms with Crippen molar-refractivity contribution in [3.05, 3.63) is 24.2 Å². The number of pyridine rings is 1. The maximum Gasteiger partial charge on any atom is 0.160 e. The van der Waals surface area contributed by atoms with E-state index in [2.05, 4.69) is 9.55 Å². The first kappa shape index (κ1) is 12.6. The van der Waals surface area contributed by atoms with Gasteiger partial charge in [0, 0.05) is 39.0 Å². The lowest BCUT2D eigenvalue weighted by Crippen LogP contribution is -2.22. The lowest BCUT2D eigenvalue weighted by Gasteiger charge is -2.25. The Balaban J connectivity index is 2.01. The van der Waals surface area contributed by atoms with E-state index < -0.39 is 0 Å². The van der Waals surface area contributed by atoms with Gasteiger partial charge in [0.15, 0.2) is 5.65 Å². The zero-order valence-electron chi connectivity index (χ0n) is 11.2. The van der Waals surface area contributed by atoms with Crippen LogP contribution >= 0.6 is 0 Å². The second-order valence-electron chi connectivity index (χ2n) is 4.83. The van der Waals surface area contributed by atoms with E-state index in [0.29, 0.717) is 12.6 Å². The van der Waals surface area contributed by atoms with Gasteiger partial charge in [-0.2, -0.15) is 0 Å². The summed E-state index contributed by atoms with van der Waals surface area (Å²) in [6.45, 7) is 2.33. The Morgan fingerprint density at radius 1 is 1.42 bits per heavy atom. The van der Waals surface area contributed by atoms with Crippen molar-refractivity contribution in [2.24, 2.45) is 0 Å². The van der Waals surface area contributed by atoms with E-state index in [4.69, 9.17) is 14.5 Å². The average Bonchev–Trinajstić information content (AvgIpc) is 2.84. The Bertz CT molecular complexity index is 547. The molecule has 1 aliphatic heterocycles. The number of fused-ring (bicyclic) bond motifs is 1. The van der Waals surface area contributed by atoms with Crippen LogP contribution in [0.5, 0.6) is 0 Å². The maximum atomic E-state index is 5.45. The van der Waals surface area contributed by atoms with E-state index in [1.54, 1.807) is 7.11 Å². The van der Waals surface area contributed by atoms with Gasteiger partial charge in [0.2, 0.25) is 0 Å². The van der Waals surface area contributed by atoms with Gasteiger partial charge < -0.3 is 14.0 Å². The van der Waals surface area contributed by atoms with E-state index in [1.807, 2.05) is 18.3 Å². The fourth-order valence-electron chi connectivity index (χ4n) is 2.67. The van der Waals surface area contributed by atoms with Crippen molar-refractivity contribution >= 4 is 11.2 Å². The predicted octanol–water partition coefficient (Wildman–Crippen LogP) is 1.97. The number of nitrogens with zero attached hydrogens (tertiary/aromatic N) is 3. The lowest BCUT2D eigenvalue weighted by atomic mass is 10.1. The van der Waals surface area contributed by atoms with Crippen molar-refractivity contribution in [1.29, 1.82) is 0 Å². The van der Waals surface area contributed by atoms with Crippen molar-refractivity contribution in [3.63, 3.8) is 0 Å². The van der Waals surface area contributed by atoms with Gasteiger partial charge in [0.1, 0.15) is 11.3 Å². The molecular formula is C14H19N3O2. The average molecular weight is 261 g/mol. The molecule has 0 spiro atoms. The number of rotatable bonds is 4. The van der Waals surface area contributed by atoms with Crippen LogP contribution in [-0.4, -0.2) is 41.5 Å². The first-order chi connectivity index (χ1) is 9.40. The predicted molar refractivity (Wildman–Crippen MR) is 72.2 cm³/mol. The highest BCUT2D eigenvalue weighted by atomic mass is 16.5. The summed E-state index contributed by atoms with van der Waals surface area (Å²) in [5.41, 5.74) is 1.96. The van der Waals surface area contributed by atoms with Gasteiger partial charge in [-0.15, -0.1) is 0 Å². The Labute approximate surface area is 112 Å². The molecule has 0 saturated carbocycles. The van der Waals surface area contributed by atoms with Crippen molar-refractivity contribution in [1.82, 2.24) is 14.5 Å². The molecule has 1 saturated heterocycles. The van der Waals surface area contributed by atoms with E-state index in [-0.39, 0.29) is 0 Å². The summed E-state index contributed by atoms with van der Waals surface area (Å²) >= 11 is 0. The first-order valence-corrected chi connectivity index (χ1v) is 6.78. The summed E-state index contributed by atoms with van der Waals surface area (Å²) < 4.78 is 12.9. The maximum absolute atomic E-state index is 5.45. The van der Waals surface area contributed by atoms with Gasteiger partial charge in [0.25, 0.3) is 0 Å². The summed E-state index contributed by atoms with van der Waals surface area (Å²) in [5.74, 6) is 1.07. The molecule has 2 aromatic rings. The number of hydrogen-bond acceptors (Lipinski definition) is 4. The fraction of sp³-hybridized carbons (Fsp3) is 0.571. The molecule has 5 heteroatoms. The number of hydrogen-bond donors (Lipinski definition) is 0. The van der Waals surface area contributed by atoms with Gasteiger partial charge in [-0.1, -0.05) is 0 Å². The number of aromatic nitrogens is 3. The number of ether oxygens (including phenoxy) is 2. The van der Waals surface area contributed by atoms with Crippen LogP contribution in [0.15, 0.2) is 18.3 Å². The third-order valence-corrected chi connectivity index (χ3v) is 3.61. The Morgan fingerprint density at radius 3 is 3.05 bits per heavy atom. The zero-order chi connectivity index (χ0) is 13.1. The van der Waals surface area contributed by atoms with Gasteiger partial charge in [-0.3, -0.25) is 0 Å². The van der Waals surface area contributed by atoms with Crippen molar-refractivity contribution in [3.8, 4) is 0 Å². The first-order valence-electron chi connectivity index (χ1n) is 6.78. The van der Waals surface area contributed by atoms with Gasteiger partial charge in [-0.05, 0) is 25.0 Å². The molecule has 0 unspecified atom stereocenters. The summed E-state index contributed by atoms with van der Waals surface area (Å²) in [5, 5.41) is 0. The molecule has 1 fully saturated rings. The van der Waals surface area contributed by atoms with Crippen LogP contribution in [0.3, 0.4) is 0 Å². The SMILES string of the molecule is COCCc1nc2cccnc2n1C1CCOCC1. The molecule has 102 valence electrons. The molecule has 0 atom stereocenters. The lowest BCUT2D eigenvalue weighted by molar-refractivity contribution is 0.0694. The van der Waals surface area contributed by atoms with Crippen LogP contribution in [0.2, 0.25) is 0 Å². The fourth-order valence-corrected chi connectivity index (χ4v) is 2.67. The molecule has 3 rings (SSSR count). The summed E-state index contributed by atoms with van der Waals surface area (Å²) in [6.07, 6.45) is 4.72. The van der Waals surface area contributed by atoms with Crippen molar-refractivity contribution < 1.29 is 9.47 Å². The normalized spacial score (nSPS) is 17.1. The monoisotopic (exact) mass is 261 g/mol. The summed E-state index contributed by atoms with van der Waals surface area (Å²) in [6, 6.07) is 4.40. The Morgan fingerprint density at radius 2 is 2.26 bits per heavy atom. The van der Waals surface area contributed by atoms with Crippen LogP contribution in [0, 0.1) is 0 Å². The smallest absolute Gasteiger partial charge is 0.160 e. The third kappa shape index (κ3) is 2.48. The molecule has 0 aliphatic carbocycles. The summed E-state index contributed by atoms with van der Waals surface area (Å²) in [4.78, 5) is 9.21. The largest absolute Gasteiger partial charge is 0.384 e. The number of imidazole rings is 1. The quantitative estimate of drug-likeness (QED) is 0.844. The summed E-state index contributed by atoms with van der Waals surface area (Å²) in [7, 11) is 1.72. The molecule has 1 aliphatic rings. The molecule has 0 aromatic carbocycles. The molecule has 3 heterocycles. The highest BCUT2D eigenvalue weighted by Gasteiger charge is 2.22. The van der Waals surface area contributed by atoms with Crippen LogP contribution in [0.25, 0.3) is 11.2 Å². The number of methoxy groups -OCH3 is 1. The Hall–Kier alpha value is -1.46. The minimum Gasteiger partial charge on any atom is -0.384 e. The third-order valence-electron chi connectivity index (χ3n) is 3.61. The van der Waals surface area contributed by atoms with Crippen molar-refractivity contribution in [2.75, 3.05) is 26.9 Å². The van der Waals surface area contributed by atoms with E-state index >= 15 is 0 Å². The molecule has 0 radical (unpaired) electrons. The van der Waals surface area contributed by atoms with Crippen molar-refractivity contribution in [2.45, 2.75) is 25.3 Å². The minimum absolute atomic E-state index is 0.445. The van der Waals surface area contributed by atoms with Gasteiger partial charge in [0.05, 0.1) is 6.61 Å². The molecule has 19 heavy (non-hydrogen) atoms. The van der Waals surface area contributed by atoms with E-state index in [0.717, 1.165) is 49.5 Å². The topological polar surface area (TPSA) is 49.2 Å².